The SMILES string of the molecule is O=C(N=c1c(Cl)cn(O)cc1Cl)C(=O)c1cc(Cc2ccc(F)cc2)n2ccc(Cl)cc12. The number of carbonyl (C=O) groups excluding carboxylic acids is 2. The summed E-state index contributed by atoms with van der Waals surface area (Å²) in [6, 6.07) is 10.8. The summed E-state index contributed by atoms with van der Waals surface area (Å²) in [6.07, 6.45) is 4.23. The van der Waals surface area contributed by atoms with Gasteiger partial charge < -0.3 is 9.61 Å². The summed E-state index contributed by atoms with van der Waals surface area (Å²) in [5, 5.41) is 9.47. The summed E-state index contributed by atoms with van der Waals surface area (Å²) in [5.74, 6) is -2.33. The second-order valence-corrected chi connectivity index (χ2v) is 8.13. The number of nitrogens with zero attached hydrogens (tertiary/aromatic N) is 3. The van der Waals surface area contributed by atoms with Gasteiger partial charge in [0.2, 0.25) is 0 Å². The van der Waals surface area contributed by atoms with Gasteiger partial charge in [0.15, 0.2) is 0 Å². The van der Waals surface area contributed by atoms with E-state index in [4.69, 9.17) is 34.8 Å². The number of fused-ring (bicyclic) bond motifs is 1. The number of halogens is 4. The molecule has 0 saturated heterocycles. The highest BCUT2D eigenvalue weighted by molar-refractivity contribution is 6.45. The van der Waals surface area contributed by atoms with Gasteiger partial charge >= 0.3 is 5.91 Å². The monoisotopic (exact) mass is 491 g/mol. The number of carbonyl (C=O) groups is 2. The van der Waals surface area contributed by atoms with Crippen molar-refractivity contribution in [2.75, 3.05) is 0 Å². The molecule has 0 atom stereocenters. The molecule has 0 radical (unpaired) electrons. The third-order valence-corrected chi connectivity index (χ3v) is 5.50. The molecule has 4 rings (SSSR count). The van der Waals surface area contributed by atoms with Crippen molar-refractivity contribution in [3.8, 4) is 0 Å². The number of pyridine rings is 2. The molecule has 0 unspecified atom stereocenters. The fourth-order valence-electron chi connectivity index (χ4n) is 3.25. The van der Waals surface area contributed by atoms with Crippen molar-refractivity contribution in [2.24, 2.45) is 4.99 Å². The highest BCUT2D eigenvalue weighted by Crippen LogP contribution is 2.24. The average molecular weight is 493 g/mol. The minimum absolute atomic E-state index is 0.0961. The highest BCUT2D eigenvalue weighted by Gasteiger charge is 2.22. The molecule has 4 aromatic rings. The second-order valence-electron chi connectivity index (χ2n) is 6.88. The van der Waals surface area contributed by atoms with Crippen molar-refractivity contribution < 1.29 is 19.2 Å². The van der Waals surface area contributed by atoms with Gasteiger partial charge in [-0.15, -0.1) is 0 Å². The Bertz CT molecular complexity index is 1420. The van der Waals surface area contributed by atoms with Crippen LogP contribution in [0, 0.1) is 5.82 Å². The lowest BCUT2D eigenvalue weighted by Crippen LogP contribution is -2.18. The number of amides is 1. The molecule has 3 heterocycles. The van der Waals surface area contributed by atoms with Crippen LogP contribution in [0.25, 0.3) is 5.52 Å². The predicted molar refractivity (Wildman–Crippen MR) is 118 cm³/mol. The van der Waals surface area contributed by atoms with E-state index in [9.17, 15) is 19.2 Å². The van der Waals surface area contributed by atoms with E-state index in [1.807, 2.05) is 0 Å². The molecule has 1 N–H and O–H groups in total. The lowest BCUT2D eigenvalue weighted by molar-refractivity contribution is -0.114. The zero-order valence-corrected chi connectivity index (χ0v) is 18.4. The fourth-order valence-corrected chi connectivity index (χ4v) is 3.95. The van der Waals surface area contributed by atoms with Gasteiger partial charge in [0.25, 0.3) is 5.78 Å². The standard InChI is InChI=1S/C22H13Cl3FN3O3/c23-13-5-6-29-15(7-12-1-3-14(26)4-2-12)9-16(19(29)8-13)21(30)22(31)27-20-17(24)10-28(32)11-18(20)25/h1-6,8-11,32H,7H2. The number of benzene rings is 1. The van der Waals surface area contributed by atoms with E-state index < -0.39 is 11.7 Å². The first-order chi connectivity index (χ1) is 15.2. The van der Waals surface area contributed by atoms with Crippen LogP contribution in [0.2, 0.25) is 15.1 Å². The van der Waals surface area contributed by atoms with Crippen molar-refractivity contribution in [3.63, 3.8) is 0 Å². The largest absolute Gasteiger partial charge is 0.429 e. The normalized spacial score (nSPS) is 11.0. The summed E-state index contributed by atoms with van der Waals surface area (Å²) < 4.78 is 15.6. The number of hydrogen-bond donors (Lipinski definition) is 1. The molecule has 0 spiro atoms. The molecule has 10 heteroatoms. The van der Waals surface area contributed by atoms with E-state index in [-0.39, 0.29) is 26.8 Å². The van der Waals surface area contributed by atoms with Crippen LogP contribution >= 0.6 is 34.8 Å². The number of Topliss-reactive ketones (excluding diaryl/α,β-unsaturated/α-hetero) is 1. The lowest BCUT2D eigenvalue weighted by atomic mass is 10.1. The Hall–Kier alpha value is -3.13. The van der Waals surface area contributed by atoms with E-state index in [1.54, 1.807) is 40.9 Å². The van der Waals surface area contributed by atoms with Crippen LogP contribution < -0.4 is 5.36 Å². The predicted octanol–water partition coefficient (Wildman–Crippen LogP) is 4.98. The Labute approximate surface area is 195 Å². The summed E-state index contributed by atoms with van der Waals surface area (Å²) >= 11 is 18.1. The Morgan fingerprint density at radius 2 is 1.66 bits per heavy atom. The third-order valence-electron chi connectivity index (χ3n) is 4.71. The Morgan fingerprint density at radius 1 is 1.00 bits per heavy atom. The Morgan fingerprint density at radius 3 is 2.31 bits per heavy atom. The minimum atomic E-state index is -1.09. The maximum absolute atomic E-state index is 13.2. The molecular weight excluding hydrogens is 480 g/mol. The maximum atomic E-state index is 13.2. The van der Waals surface area contributed by atoms with Crippen molar-refractivity contribution >= 4 is 52.0 Å². The van der Waals surface area contributed by atoms with Gasteiger partial charge in [-0.1, -0.05) is 46.9 Å². The molecule has 6 nitrogen and oxygen atoms in total. The van der Waals surface area contributed by atoms with E-state index in [2.05, 4.69) is 4.99 Å². The summed E-state index contributed by atoms with van der Waals surface area (Å²) in [5.41, 5.74) is 2.02. The average Bonchev–Trinajstić information content (AvgIpc) is 3.08. The Kier molecular flexibility index (Phi) is 6.06. The van der Waals surface area contributed by atoms with E-state index >= 15 is 0 Å². The molecule has 1 amide bonds. The zero-order valence-electron chi connectivity index (χ0n) is 16.1. The highest BCUT2D eigenvalue weighted by atomic mass is 35.5. The van der Waals surface area contributed by atoms with E-state index in [1.165, 1.54) is 12.1 Å². The zero-order chi connectivity index (χ0) is 23.0. The molecule has 0 bridgehead atoms. The van der Waals surface area contributed by atoms with Gasteiger partial charge in [-0.2, -0.15) is 4.73 Å². The Balaban J connectivity index is 1.77. The molecule has 162 valence electrons. The quantitative estimate of drug-likeness (QED) is 0.248. The minimum Gasteiger partial charge on any atom is -0.429 e. The van der Waals surface area contributed by atoms with Crippen LogP contribution in [0.1, 0.15) is 21.6 Å². The van der Waals surface area contributed by atoms with Gasteiger partial charge in [0.05, 0.1) is 33.5 Å². The number of rotatable bonds is 4. The molecule has 0 fully saturated rings. The van der Waals surface area contributed by atoms with Gasteiger partial charge in [0.1, 0.15) is 11.2 Å². The maximum Gasteiger partial charge on any atom is 0.318 e. The molecule has 1 aromatic carbocycles. The first-order valence-corrected chi connectivity index (χ1v) is 10.3. The number of hydrogen-bond acceptors (Lipinski definition) is 3. The van der Waals surface area contributed by atoms with Gasteiger partial charge in [-0.3, -0.25) is 9.59 Å². The lowest BCUT2D eigenvalue weighted by Gasteiger charge is -2.04. The van der Waals surface area contributed by atoms with Gasteiger partial charge in [0, 0.05) is 23.3 Å². The molecule has 0 aliphatic heterocycles. The van der Waals surface area contributed by atoms with Crippen molar-refractivity contribution in [1.29, 1.82) is 0 Å². The third kappa shape index (κ3) is 4.41. The van der Waals surface area contributed by atoms with Crippen LogP contribution in [0.3, 0.4) is 0 Å². The second kappa shape index (κ2) is 8.78. The van der Waals surface area contributed by atoms with E-state index in [0.717, 1.165) is 18.0 Å². The van der Waals surface area contributed by atoms with Gasteiger partial charge in [-0.05, 0) is 35.9 Å². The van der Waals surface area contributed by atoms with Crippen LogP contribution in [0.5, 0.6) is 0 Å². The first kappa shape index (κ1) is 22.1. The summed E-state index contributed by atoms with van der Waals surface area (Å²) in [6.45, 7) is 0. The van der Waals surface area contributed by atoms with Crippen LogP contribution in [-0.4, -0.2) is 26.0 Å². The number of aromatic nitrogens is 2. The number of ketones is 1. The molecule has 0 aliphatic carbocycles. The molecule has 32 heavy (non-hydrogen) atoms. The van der Waals surface area contributed by atoms with Crippen LogP contribution in [0.15, 0.2) is 66.0 Å². The van der Waals surface area contributed by atoms with Gasteiger partial charge in [-0.25, -0.2) is 9.38 Å². The van der Waals surface area contributed by atoms with Crippen molar-refractivity contribution in [2.45, 2.75) is 6.42 Å². The van der Waals surface area contributed by atoms with E-state index in [0.29, 0.717) is 27.4 Å². The first-order valence-electron chi connectivity index (χ1n) is 9.17. The van der Waals surface area contributed by atoms with Crippen LogP contribution in [0.4, 0.5) is 4.39 Å². The summed E-state index contributed by atoms with van der Waals surface area (Å²) in [4.78, 5) is 29.4. The molecule has 0 aliphatic rings. The topological polar surface area (TPSA) is 76.1 Å². The molecule has 3 aromatic heterocycles. The van der Waals surface area contributed by atoms with Crippen molar-refractivity contribution in [1.82, 2.24) is 9.13 Å². The summed E-state index contributed by atoms with van der Waals surface area (Å²) in [7, 11) is 0. The molecular formula is C22H13Cl3FN3O3. The fraction of sp³-hybridized carbons (Fsp3) is 0.0455. The van der Waals surface area contributed by atoms with Crippen molar-refractivity contribution in [3.05, 3.63) is 104 Å². The van der Waals surface area contributed by atoms with Crippen LogP contribution in [-0.2, 0) is 11.2 Å². The smallest absolute Gasteiger partial charge is 0.318 e. The molecule has 0 saturated carbocycles.